The molecular weight excluding hydrogens is 320 g/mol. The number of hydrogen-bond acceptors (Lipinski definition) is 4. The van der Waals surface area contributed by atoms with E-state index in [9.17, 15) is 9.59 Å². The molecule has 1 aliphatic carbocycles. The number of urea groups is 1. The quantitative estimate of drug-likeness (QED) is 0.791. The van der Waals surface area contributed by atoms with E-state index in [1.807, 2.05) is 9.80 Å². The number of hydrogen-bond donors (Lipinski definition) is 2. The van der Waals surface area contributed by atoms with Crippen LogP contribution in [0.15, 0.2) is 0 Å². The van der Waals surface area contributed by atoms with Crippen molar-refractivity contribution in [2.24, 2.45) is 11.7 Å². The smallest absolute Gasteiger partial charge is 0.317 e. The van der Waals surface area contributed by atoms with Gasteiger partial charge in [0.05, 0.1) is 6.04 Å². The zero-order chi connectivity index (χ0) is 17.6. The Morgan fingerprint density at radius 3 is 2.16 bits per heavy atom. The normalized spacial score (nSPS) is 24.8. The highest BCUT2D eigenvalue weighted by Crippen LogP contribution is 2.20. The van der Waals surface area contributed by atoms with Crippen molar-refractivity contribution in [3.63, 3.8) is 0 Å². The van der Waals surface area contributed by atoms with Gasteiger partial charge >= 0.3 is 6.03 Å². The van der Waals surface area contributed by atoms with Crippen LogP contribution in [0, 0.1) is 5.92 Å². The Bertz CT molecular complexity index is 453. The lowest BCUT2D eigenvalue weighted by molar-refractivity contribution is -0.136. The minimum atomic E-state index is -0.438. The van der Waals surface area contributed by atoms with E-state index in [0.717, 1.165) is 25.7 Å². The maximum Gasteiger partial charge on any atom is 0.317 e. The zero-order valence-electron chi connectivity index (χ0n) is 15.1. The number of carbonyl (C=O) groups excluding carboxylic acids is 2. The number of nitrogens with one attached hydrogen (secondary N) is 1. The Morgan fingerprint density at radius 1 is 0.920 bits per heavy atom. The average molecular weight is 352 g/mol. The Morgan fingerprint density at radius 2 is 1.52 bits per heavy atom. The average Bonchev–Trinajstić information content (AvgIpc) is 2.68. The van der Waals surface area contributed by atoms with Gasteiger partial charge in [-0.2, -0.15) is 0 Å². The van der Waals surface area contributed by atoms with Crippen LogP contribution in [0.4, 0.5) is 4.79 Å². The van der Waals surface area contributed by atoms with E-state index in [-0.39, 0.29) is 17.9 Å². The first-order valence-electron chi connectivity index (χ1n) is 9.82. The van der Waals surface area contributed by atoms with Crippen LogP contribution in [0.3, 0.4) is 0 Å². The second kappa shape index (κ2) is 8.85. The van der Waals surface area contributed by atoms with Gasteiger partial charge in [0, 0.05) is 45.4 Å². The topological polar surface area (TPSA) is 87.9 Å². The van der Waals surface area contributed by atoms with E-state index in [1.165, 1.54) is 19.3 Å². The van der Waals surface area contributed by atoms with Gasteiger partial charge in [-0.05, 0) is 31.6 Å². The monoisotopic (exact) mass is 352 g/mol. The molecule has 1 saturated carbocycles. The zero-order valence-corrected chi connectivity index (χ0v) is 15.1. The summed E-state index contributed by atoms with van der Waals surface area (Å²) < 4.78 is 5.35. The summed E-state index contributed by atoms with van der Waals surface area (Å²) in [7, 11) is 0. The van der Waals surface area contributed by atoms with Crippen molar-refractivity contribution in [3.05, 3.63) is 0 Å². The van der Waals surface area contributed by atoms with Crippen LogP contribution in [0.5, 0.6) is 0 Å². The van der Waals surface area contributed by atoms with Crippen LogP contribution in [0.25, 0.3) is 0 Å². The Hall–Kier alpha value is -1.34. The molecule has 0 spiro atoms. The standard InChI is InChI=1S/C18H32N4O3/c19-16(14-6-12-25-13-7-14)17(23)21-8-10-22(11-9-21)18(24)20-15-4-2-1-3-5-15/h14-16H,1-13,19H2,(H,20,24). The summed E-state index contributed by atoms with van der Waals surface area (Å²) in [5, 5.41) is 3.15. The van der Waals surface area contributed by atoms with Crippen LogP contribution in [-0.2, 0) is 9.53 Å². The minimum Gasteiger partial charge on any atom is -0.381 e. The van der Waals surface area contributed by atoms with Crippen molar-refractivity contribution in [2.75, 3.05) is 39.4 Å². The molecule has 0 bridgehead atoms. The number of nitrogens with zero attached hydrogens (tertiary/aromatic N) is 2. The molecule has 1 atom stereocenters. The van der Waals surface area contributed by atoms with E-state index in [1.54, 1.807) is 0 Å². The largest absolute Gasteiger partial charge is 0.381 e. The molecule has 0 aromatic carbocycles. The number of carbonyl (C=O) groups is 2. The number of amides is 3. The first-order chi connectivity index (χ1) is 12.1. The van der Waals surface area contributed by atoms with Gasteiger partial charge in [-0.25, -0.2) is 4.79 Å². The van der Waals surface area contributed by atoms with E-state index >= 15 is 0 Å². The third-order valence-corrected chi connectivity index (χ3v) is 5.87. The second-order valence-corrected chi connectivity index (χ2v) is 7.57. The molecule has 3 fully saturated rings. The lowest BCUT2D eigenvalue weighted by Gasteiger charge is -2.38. The highest BCUT2D eigenvalue weighted by Gasteiger charge is 2.32. The van der Waals surface area contributed by atoms with Crippen molar-refractivity contribution < 1.29 is 14.3 Å². The molecule has 3 amide bonds. The highest BCUT2D eigenvalue weighted by atomic mass is 16.5. The predicted molar refractivity (Wildman–Crippen MR) is 95.1 cm³/mol. The van der Waals surface area contributed by atoms with Gasteiger partial charge in [0.1, 0.15) is 0 Å². The molecule has 3 aliphatic rings. The molecule has 1 unspecified atom stereocenters. The van der Waals surface area contributed by atoms with Gasteiger partial charge in [0.15, 0.2) is 0 Å². The van der Waals surface area contributed by atoms with Gasteiger partial charge in [-0.15, -0.1) is 0 Å². The van der Waals surface area contributed by atoms with E-state index in [0.29, 0.717) is 45.4 Å². The van der Waals surface area contributed by atoms with Crippen LogP contribution in [0.1, 0.15) is 44.9 Å². The summed E-state index contributed by atoms with van der Waals surface area (Å²) in [5.74, 6) is 0.244. The molecule has 3 N–H and O–H groups in total. The summed E-state index contributed by atoms with van der Waals surface area (Å²) in [5.41, 5.74) is 6.20. The lowest BCUT2D eigenvalue weighted by atomic mass is 9.91. The maximum atomic E-state index is 12.6. The molecule has 3 rings (SSSR count). The number of rotatable bonds is 3. The summed E-state index contributed by atoms with van der Waals surface area (Å²) >= 11 is 0. The number of nitrogens with two attached hydrogens (primary N) is 1. The fraction of sp³-hybridized carbons (Fsp3) is 0.889. The van der Waals surface area contributed by atoms with Crippen LogP contribution < -0.4 is 11.1 Å². The van der Waals surface area contributed by atoms with Crippen molar-refractivity contribution in [1.82, 2.24) is 15.1 Å². The molecule has 0 aromatic heterocycles. The highest BCUT2D eigenvalue weighted by molar-refractivity contribution is 5.82. The van der Waals surface area contributed by atoms with Crippen molar-refractivity contribution >= 4 is 11.9 Å². The summed E-state index contributed by atoms with van der Waals surface area (Å²) in [6, 6.07) is -0.0953. The first kappa shape index (κ1) is 18.5. The van der Waals surface area contributed by atoms with Gasteiger partial charge in [0.25, 0.3) is 0 Å². The Kier molecular flexibility index (Phi) is 6.53. The first-order valence-corrected chi connectivity index (χ1v) is 9.82. The third-order valence-electron chi connectivity index (χ3n) is 5.87. The summed E-state index contributed by atoms with van der Waals surface area (Å²) in [6.45, 7) is 3.72. The molecule has 0 radical (unpaired) electrons. The molecule has 2 saturated heterocycles. The van der Waals surface area contributed by atoms with Crippen molar-refractivity contribution in [3.8, 4) is 0 Å². The van der Waals surface area contributed by atoms with Crippen molar-refractivity contribution in [1.29, 1.82) is 0 Å². The van der Waals surface area contributed by atoms with E-state index in [2.05, 4.69) is 5.32 Å². The molecule has 2 aliphatic heterocycles. The van der Waals surface area contributed by atoms with E-state index in [4.69, 9.17) is 10.5 Å². The number of piperazine rings is 1. The maximum absolute atomic E-state index is 12.6. The van der Waals surface area contributed by atoms with Gasteiger partial charge in [-0.3, -0.25) is 4.79 Å². The Balaban J connectivity index is 1.42. The predicted octanol–water partition coefficient (Wildman–Crippen LogP) is 0.927. The lowest BCUT2D eigenvalue weighted by Crippen LogP contribution is -2.58. The van der Waals surface area contributed by atoms with Gasteiger partial charge < -0.3 is 25.6 Å². The molecule has 2 heterocycles. The van der Waals surface area contributed by atoms with Crippen LogP contribution in [-0.4, -0.2) is 73.2 Å². The molecule has 7 heteroatoms. The van der Waals surface area contributed by atoms with Gasteiger partial charge in [-0.1, -0.05) is 19.3 Å². The SMILES string of the molecule is NC(C(=O)N1CCN(C(=O)NC2CCCCC2)CC1)C1CCOCC1. The fourth-order valence-corrected chi connectivity index (χ4v) is 4.13. The third kappa shape index (κ3) is 4.85. The minimum absolute atomic E-state index is 0.0210. The van der Waals surface area contributed by atoms with Gasteiger partial charge in [0.2, 0.25) is 5.91 Å². The van der Waals surface area contributed by atoms with Crippen LogP contribution >= 0.6 is 0 Å². The summed E-state index contributed by atoms with van der Waals surface area (Å²) in [6.07, 6.45) is 7.58. The molecular formula is C18H32N4O3. The molecule has 142 valence electrons. The Labute approximate surface area is 150 Å². The number of ether oxygens (including phenoxy) is 1. The summed E-state index contributed by atoms with van der Waals surface area (Å²) in [4.78, 5) is 28.7. The van der Waals surface area contributed by atoms with Crippen molar-refractivity contribution in [2.45, 2.75) is 57.0 Å². The fourth-order valence-electron chi connectivity index (χ4n) is 4.13. The molecule has 25 heavy (non-hydrogen) atoms. The van der Waals surface area contributed by atoms with E-state index < -0.39 is 6.04 Å². The molecule has 7 nitrogen and oxygen atoms in total. The molecule has 0 aromatic rings. The second-order valence-electron chi connectivity index (χ2n) is 7.57. The van der Waals surface area contributed by atoms with Crippen LogP contribution in [0.2, 0.25) is 0 Å².